The molecule has 0 spiro atoms. The van der Waals surface area contributed by atoms with Crippen LogP contribution in [-0.4, -0.2) is 50.6 Å². The lowest BCUT2D eigenvalue weighted by atomic mass is 9.64. The highest BCUT2D eigenvalue weighted by Crippen LogP contribution is 2.43. The van der Waals surface area contributed by atoms with Crippen molar-refractivity contribution in [3.63, 3.8) is 0 Å². The van der Waals surface area contributed by atoms with Crippen LogP contribution in [0, 0.1) is 0 Å². The summed E-state index contributed by atoms with van der Waals surface area (Å²) < 4.78 is 32.3. The molecule has 0 saturated heterocycles. The first-order valence-corrected chi connectivity index (χ1v) is 15.2. The number of thiazole rings is 1. The number of hydrogen-bond donors (Lipinski definition) is 3. The Hall–Kier alpha value is -3.74. The molecular weight excluding hydrogens is 552 g/mol. The minimum atomic E-state index is -3.47. The van der Waals surface area contributed by atoms with Crippen LogP contribution in [0.4, 0.5) is 5.13 Å². The highest BCUT2D eigenvalue weighted by Gasteiger charge is 2.58. The number of nitrogens with two attached hydrogens (primary N) is 1. The molecule has 0 radical (unpaired) electrons. The maximum atomic E-state index is 13.6. The van der Waals surface area contributed by atoms with Gasteiger partial charge in [0.1, 0.15) is 5.41 Å². The molecular formula is C28H32N4O6S2. The van der Waals surface area contributed by atoms with E-state index in [1.807, 2.05) is 49.6 Å². The molecule has 0 saturated carbocycles. The Bertz CT molecular complexity index is 1520. The minimum absolute atomic E-state index is 0.224. The van der Waals surface area contributed by atoms with Crippen LogP contribution in [0.3, 0.4) is 0 Å². The first kappa shape index (κ1) is 29.2. The predicted molar refractivity (Wildman–Crippen MR) is 153 cm³/mol. The number of esters is 2. The van der Waals surface area contributed by atoms with E-state index in [-0.39, 0.29) is 24.2 Å². The number of allylic oxidation sites excluding steroid dienone is 1. The number of rotatable bonds is 8. The molecule has 1 aromatic carbocycles. The van der Waals surface area contributed by atoms with Gasteiger partial charge in [-0.3, -0.25) is 4.79 Å². The number of ether oxygens (including phenoxy) is 2. The van der Waals surface area contributed by atoms with E-state index in [9.17, 15) is 18.0 Å². The monoisotopic (exact) mass is 584 g/mol. The molecule has 4 N–H and O–H groups in total. The molecule has 3 atom stereocenters. The maximum absolute atomic E-state index is 13.6. The molecule has 10 nitrogen and oxygen atoms in total. The van der Waals surface area contributed by atoms with Crippen molar-refractivity contribution in [1.82, 2.24) is 10.3 Å². The third-order valence-corrected chi connectivity index (χ3v) is 8.51. The Morgan fingerprint density at radius 2 is 1.82 bits per heavy atom. The van der Waals surface area contributed by atoms with Crippen molar-refractivity contribution in [3.05, 3.63) is 76.9 Å². The molecule has 0 amide bonds. The third-order valence-electron chi connectivity index (χ3n) is 6.84. The first-order valence-electron chi connectivity index (χ1n) is 12.8. The Morgan fingerprint density at radius 1 is 1.12 bits per heavy atom. The Balaban J connectivity index is 0.000000307. The number of nitrogens with one attached hydrogen (secondary N) is 2. The summed E-state index contributed by atoms with van der Waals surface area (Å²) in [4.78, 5) is 31.2. The number of fused-ring (bicyclic) bond motifs is 1. The summed E-state index contributed by atoms with van der Waals surface area (Å²) in [5.74, 6) is -0.896. The van der Waals surface area contributed by atoms with Crippen molar-refractivity contribution in [2.45, 2.75) is 50.1 Å². The molecule has 3 unspecified atom stereocenters. The average Bonchev–Trinajstić information content (AvgIpc) is 3.26. The number of sulfonamides is 1. The number of aromatic nitrogens is 1. The van der Waals surface area contributed by atoms with Gasteiger partial charge in [0.05, 0.1) is 29.7 Å². The summed E-state index contributed by atoms with van der Waals surface area (Å²) in [5.41, 5.74) is 2.32. The summed E-state index contributed by atoms with van der Waals surface area (Å²) in [6, 6.07) is 13.4. The molecule has 212 valence electrons. The van der Waals surface area contributed by atoms with Crippen molar-refractivity contribution in [2.24, 2.45) is 5.14 Å². The molecule has 2 heterocycles. The van der Waals surface area contributed by atoms with E-state index in [2.05, 4.69) is 15.6 Å². The van der Waals surface area contributed by atoms with Gasteiger partial charge in [-0.15, -0.1) is 11.3 Å². The first-order chi connectivity index (χ1) is 19.0. The van der Waals surface area contributed by atoms with E-state index >= 15 is 0 Å². The SMILES string of the molecule is CCOC(=O)C1=C(C)NC(C)C(C(=O)OCC)(c2ccccc2)C1Nc1nccs1.NS(=O)(=O)c1ccc2cc1-2. The van der Waals surface area contributed by atoms with Gasteiger partial charge in [0.2, 0.25) is 10.0 Å². The van der Waals surface area contributed by atoms with Gasteiger partial charge in [0.25, 0.3) is 0 Å². The standard InChI is InChI=1S/C22H27N3O4S.C6H5NO2S/c1-5-28-19(26)17-14(3)24-15(4)22(20(27)29-6-2,16-10-8-7-9-11-16)18(17)25-21-23-12-13-30-21;7-10(8,9)6-2-1-4-3-5(4)6/h7-13,15,18,24H,5-6H2,1-4H3,(H,23,25);1-3H,(H2,7,8,9). The summed E-state index contributed by atoms with van der Waals surface area (Å²) in [5, 5.41) is 14.0. The van der Waals surface area contributed by atoms with Gasteiger partial charge >= 0.3 is 11.9 Å². The Kier molecular flexibility index (Phi) is 8.62. The van der Waals surface area contributed by atoms with Crippen LogP contribution >= 0.6 is 11.3 Å². The zero-order valence-electron chi connectivity index (χ0n) is 22.6. The quantitative estimate of drug-likeness (QED) is 0.264. The lowest BCUT2D eigenvalue weighted by molar-refractivity contribution is -0.152. The van der Waals surface area contributed by atoms with Crippen LogP contribution < -0.4 is 15.8 Å². The second-order valence-corrected chi connectivity index (χ2v) is 11.7. The summed E-state index contributed by atoms with van der Waals surface area (Å²) in [6.45, 7) is 7.72. The van der Waals surface area contributed by atoms with Crippen molar-refractivity contribution < 1.29 is 27.5 Å². The van der Waals surface area contributed by atoms with Crippen molar-refractivity contribution in [1.29, 1.82) is 0 Å². The lowest BCUT2D eigenvalue weighted by Gasteiger charge is -2.48. The van der Waals surface area contributed by atoms with Crippen molar-refractivity contribution >= 4 is 38.4 Å². The number of nitrogens with zero attached hydrogens (tertiary/aromatic N) is 1. The Labute approximate surface area is 237 Å². The maximum Gasteiger partial charge on any atom is 0.337 e. The Morgan fingerprint density at radius 3 is 2.33 bits per heavy atom. The van der Waals surface area contributed by atoms with Gasteiger partial charge in [-0.05, 0) is 51.0 Å². The highest BCUT2D eigenvalue weighted by molar-refractivity contribution is 7.89. The fourth-order valence-corrected chi connectivity index (χ4v) is 6.36. The molecule has 2 aromatic rings. The molecule has 0 fully saturated rings. The van der Waals surface area contributed by atoms with Crippen LogP contribution in [0.25, 0.3) is 11.1 Å². The highest BCUT2D eigenvalue weighted by atomic mass is 32.2. The zero-order chi connectivity index (χ0) is 29.1. The van der Waals surface area contributed by atoms with Gasteiger partial charge in [0, 0.05) is 28.9 Å². The average molecular weight is 585 g/mol. The number of carbonyl (C=O) groups is 2. The molecule has 1 aromatic heterocycles. The number of primary sulfonamides is 1. The van der Waals surface area contributed by atoms with Crippen molar-refractivity contribution in [2.75, 3.05) is 18.5 Å². The molecule has 5 rings (SSSR count). The number of benzene rings is 2. The van der Waals surface area contributed by atoms with E-state index in [0.717, 1.165) is 16.7 Å². The van der Waals surface area contributed by atoms with E-state index in [1.165, 1.54) is 17.4 Å². The number of anilines is 1. The van der Waals surface area contributed by atoms with Gasteiger partial charge in [0.15, 0.2) is 5.13 Å². The zero-order valence-corrected chi connectivity index (χ0v) is 24.3. The van der Waals surface area contributed by atoms with Crippen LogP contribution in [0.5, 0.6) is 0 Å². The normalized spacial score (nSPS) is 20.9. The molecule has 40 heavy (non-hydrogen) atoms. The second kappa shape index (κ2) is 11.8. The number of hydrogen-bond acceptors (Lipinski definition) is 10. The van der Waals surface area contributed by atoms with Gasteiger partial charge in [-0.2, -0.15) is 0 Å². The molecule has 2 aliphatic carbocycles. The number of carbonyl (C=O) groups excluding carboxylic acids is 2. The van der Waals surface area contributed by atoms with E-state index in [4.69, 9.17) is 14.6 Å². The van der Waals surface area contributed by atoms with E-state index < -0.39 is 33.4 Å². The van der Waals surface area contributed by atoms with Gasteiger partial charge in [-0.25, -0.2) is 23.3 Å². The van der Waals surface area contributed by atoms with Gasteiger partial charge in [-0.1, -0.05) is 36.4 Å². The summed E-state index contributed by atoms with van der Waals surface area (Å²) in [7, 11) is -3.47. The molecule has 1 aliphatic heterocycles. The topological polar surface area (TPSA) is 150 Å². The summed E-state index contributed by atoms with van der Waals surface area (Å²) in [6.07, 6.45) is 1.67. The van der Waals surface area contributed by atoms with Crippen molar-refractivity contribution in [3.8, 4) is 11.1 Å². The van der Waals surface area contributed by atoms with E-state index in [1.54, 1.807) is 32.2 Å². The third kappa shape index (κ3) is 5.60. The second-order valence-electron chi connectivity index (χ2n) is 9.25. The van der Waals surface area contributed by atoms with Gasteiger partial charge < -0.3 is 20.1 Å². The van der Waals surface area contributed by atoms with Crippen LogP contribution in [0.2, 0.25) is 0 Å². The molecule has 3 aliphatic rings. The largest absolute Gasteiger partial charge is 0.465 e. The lowest BCUT2D eigenvalue weighted by Crippen LogP contribution is -2.66. The van der Waals surface area contributed by atoms with Crippen LogP contribution in [-0.2, 0) is 34.5 Å². The summed E-state index contributed by atoms with van der Waals surface area (Å²) >= 11 is 1.40. The van der Waals surface area contributed by atoms with Crippen LogP contribution in [0.1, 0.15) is 33.3 Å². The van der Waals surface area contributed by atoms with Crippen LogP contribution in [0.15, 0.2) is 76.3 Å². The minimum Gasteiger partial charge on any atom is -0.465 e. The fourth-order valence-electron chi connectivity index (χ4n) is 5.06. The molecule has 0 bridgehead atoms. The fraction of sp³-hybridized carbons (Fsp3) is 0.321. The van der Waals surface area contributed by atoms with E-state index in [0.29, 0.717) is 16.4 Å². The predicted octanol–water partition coefficient (Wildman–Crippen LogP) is 3.57. The molecule has 12 heteroatoms. The smallest absolute Gasteiger partial charge is 0.337 e.